The van der Waals surface area contributed by atoms with Crippen LogP contribution in [0.5, 0.6) is 0 Å². The molecule has 2 N–H and O–H groups in total. The molecule has 0 spiro atoms. The second kappa shape index (κ2) is 5.69. The van der Waals surface area contributed by atoms with Gasteiger partial charge < -0.3 is 10.6 Å². The van der Waals surface area contributed by atoms with Crippen LogP contribution in [0.2, 0.25) is 0 Å². The van der Waals surface area contributed by atoms with E-state index < -0.39 is 0 Å². The first-order chi connectivity index (χ1) is 9.81. The number of carbonyl (C=O) groups excluding carboxylic acids is 1. The van der Waals surface area contributed by atoms with Crippen molar-refractivity contribution in [3.63, 3.8) is 0 Å². The largest absolute Gasteiger partial charge is 0.379 e. The zero-order chi connectivity index (χ0) is 13.8. The van der Waals surface area contributed by atoms with Crippen LogP contribution in [0.1, 0.15) is 29.0 Å². The Bertz CT molecular complexity index is 596. The lowest BCUT2D eigenvalue weighted by atomic mass is 10.3. The Labute approximate surface area is 117 Å². The van der Waals surface area contributed by atoms with Crippen molar-refractivity contribution in [2.45, 2.75) is 25.4 Å². The maximum absolute atomic E-state index is 11.9. The highest BCUT2D eigenvalue weighted by atomic mass is 16.2. The number of amides is 1. The summed E-state index contributed by atoms with van der Waals surface area (Å²) < 4.78 is 0. The molecule has 1 fully saturated rings. The topological polar surface area (TPSA) is 66.9 Å². The normalized spacial score (nSPS) is 13.8. The van der Waals surface area contributed by atoms with E-state index in [0.29, 0.717) is 18.3 Å². The first kappa shape index (κ1) is 12.6. The van der Waals surface area contributed by atoms with Crippen molar-refractivity contribution in [3.8, 4) is 0 Å². The Morgan fingerprint density at radius 2 is 2.10 bits per heavy atom. The number of pyridine rings is 2. The van der Waals surface area contributed by atoms with Crippen LogP contribution in [-0.2, 0) is 6.54 Å². The number of nitrogens with zero attached hydrogens (tertiary/aromatic N) is 2. The van der Waals surface area contributed by atoms with Crippen LogP contribution in [0, 0.1) is 0 Å². The maximum atomic E-state index is 11.9. The van der Waals surface area contributed by atoms with Gasteiger partial charge in [-0.2, -0.15) is 0 Å². The second-order valence-electron chi connectivity index (χ2n) is 4.85. The number of hydrogen-bond donors (Lipinski definition) is 2. The Morgan fingerprint density at radius 1 is 1.20 bits per heavy atom. The van der Waals surface area contributed by atoms with Crippen LogP contribution < -0.4 is 10.6 Å². The molecule has 102 valence electrons. The number of anilines is 1. The van der Waals surface area contributed by atoms with Gasteiger partial charge in [0.25, 0.3) is 5.91 Å². The average molecular weight is 268 g/mol. The monoisotopic (exact) mass is 268 g/mol. The van der Waals surface area contributed by atoms with Gasteiger partial charge in [-0.3, -0.25) is 14.8 Å². The second-order valence-corrected chi connectivity index (χ2v) is 4.85. The molecule has 3 rings (SSSR count). The van der Waals surface area contributed by atoms with E-state index in [1.807, 2.05) is 24.3 Å². The quantitative estimate of drug-likeness (QED) is 0.870. The molecule has 1 amide bonds. The van der Waals surface area contributed by atoms with Gasteiger partial charge >= 0.3 is 0 Å². The van der Waals surface area contributed by atoms with E-state index in [0.717, 1.165) is 24.2 Å². The average Bonchev–Trinajstić information content (AvgIpc) is 3.30. The van der Waals surface area contributed by atoms with Crippen LogP contribution >= 0.6 is 0 Å². The van der Waals surface area contributed by atoms with Crippen molar-refractivity contribution >= 4 is 11.6 Å². The van der Waals surface area contributed by atoms with Crippen LogP contribution in [0.25, 0.3) is 0 Å². The van der Waals surface area contributed by atoms with E-state index in [9.17, 15) is 4.79 Å². The Morgan fingerprint density at radius 3 is 2.85 bits per heavy atom. The van der Waals surface area contributed by atoms with E-state index in [2.05, 4.69) is 20.6 Å². The fraction of sp³-hybridized carbons (Fsp3) is 0.267. The highest BCUT2D eigenvalue weighted by Crippen LogP contribution is 2.19. The number of rotatable bonds is 5. The SMILES string of the molecule is O=C(NC1CC1)c1cc(NCc2ccccn2)ccn1. The van der Waals surface area contributed by atoms with E-state index >= 15 is 0 Å². The predicted molar refractivity (Wildman–Crippen MR) is 76.3 cm³/mol. The smallest absolute Gasteiger partial charge is 0.270 e. The third-order valence-electron chi connectivity index (χ3n) is 3.10. The zero-order valence-corrected chi connectivity index (χ0v) is 11.0. The van der Waals surface area contributed by atoms with Crippen LogP contribution in [0.3, 0.4) is 0 Å². The summed E-state index contributed by atoms with van der Waals surface area (Å²) >= 11 is 0. The van der Waals surface area contributed by atoms with Gasteiger partial charge in [-0.15, -0.1) is 0 Å². The van der Waals surface area contributed by atoms with Gasteiger partial charge in [0.05, 0.1) is 12.2 Å². The van der Waals surface area contributed by atoms with Crippen LogP contribution in [0.15, 0.2) is 42.7 Å². The minimum absolute atomic E-state index is 0.103. The third-order valence-corrected chi connectivity index (χ3v) is 3.10. The van der Waals surface area contributed by atoms with E-state index in [-0.39, 0.29) is 5.91 Å². The van der Waals surface area contributed by atoms with Crippen LogP contribution in [-0.4, -0.2) is 21.9 Å². The van der Waals surface area contributed by atoms with E-state index in [1.165, 1.54) is 0 Å². The molecule has 0 aliphatic heterocycles. The minimum atomic E-state index is -0.103. The molecule has 2 aromatic rings. The highest BCUT2D eigenvalue weighted by molar-refractivity contribution is 5.93. The first-order valence-electron chi connectivity index (χ1n) is 6.72. The molecule has 1 saturated carbocycles. The Kier molecular flexibility index (Phi) is 3.58. The summed E-state index contributed by atoms with van der Waals surface area (Å²) in [5.74, 6) is -0.103. The van der Waals surface area contributed by atoms with Crippen molar-refractivity contribution in [1.29, 1.82) is 0 Å². The summed E-state index contributed by atoms with van der Waals surface area (Å²) in [6.07, 6.45) is 5.55. The first-order valence-corrected chi connectivity index (χ1v) is 6.72. The third kappa shape index (κ3) is 3.32. The number of hydrogen-bond acceptors (Lipinski definition) is 4. The Hall–Kier alpha value is -2.43. The van der Waals surface area contributed by atoms with Gasteiger partial charge in [-0.1, -0.05) is 6.07 Å². The molecule has 1 aliphatic rings. The molecule has 5 heteroatoms. The molecule has 0 saturated heterocycles. The fourth-order valence-electron chi connectivity index (χ4n) is 1.85. The Balaban J connectivity index is 1.63. The van der Waals surface area contributed by atoms with Crippen molar-refractivity contribution in [1.82, 2.24) is 15.3 Å². The van der Waals surface area contributed by atoms with Crippen molar-refractivity contribution in [2.24, 2.45) is 0 Å². The van der Waals surface area contributed by atoms with E-state index in [4.69, 9.17) is 0 Å². The minimum Gasteiger partial charge on any atom is -0.379 e. The van der Waals surface area contributed by atoms with Crippen molar-refractivity contribution in [2.75, 3.05) is 5.32 Å². The standard InChI is InChI=1S/C15H16N4O/c20-15(19-11-4-5-11)14-9-12(6-8-17-14)18-10-13-3-1-2-7-16-13/h1-3,6-9,11H,4-5,10H2,(H,17,18)(H,19,20). The molecule has 0 unspecified atom stereocenters. The summed E-state index contributed by atoms with van der Waals surface area (Å²) in [6.45, 7) is 0.620. The highest BCUT2D eigenvalue weighted by Gasteiger charge is 2.24. The molecule has 0 aromatic carbocycles. The van der Waals surface area contributed by atoms with Crippen LogP contribution in [0.4, 0.5) is 5.69 Å². The molecule has 0 radical (unpaired) electrons. The van der Waals surface area contributed by atoms with Gasteiger partial charge in [0.2, 0.25) is 0 Å². The van der Waals surface area contributed by atoms with E-state index in [1.54, 1.807) is 18.5 Å². The van der Waals surface area contributed by atoms with Gasteiger partial charge in [0.1, 0.15) is 5.69 Å². The molecule has 1 aliphatic carbocycles. The molecule has 5 nitrogen and oxygen atoms in total. The van der Waals surface area contributed by atoms with Crippen molar-refractivity contribution in [3.05, 3.63) is 54.1 Å². The molecule has 20 heavy (non-hydrogen) atoms. The van der Waals surface area contributed by atoms with Gasteiger partial charge in [0.15, 0.2) is 0 Å². The lowest BCUT2D eigenvalue weighted by molar-refractivity contribution is 0.0946. The van der Waals surface area contributed by atoms with Crippen molar-refractivity contribution < 1.29 is 4.79 Å². The summed E-state index contributed by atoms with van der Waals surface area (Å²) in [5.41, 5.74) is 2.27. The number of aromatic nitrogens is 2. The maximum Gasteiger partial charge on any atom is 0.270 e. The lowest BCUT2D eigenvalue weighted by Crippen LogP contribution is -2.26. The zero-order valence-electron chi connectivity index (χ0n) is 11.0. The molecule has 0 atom stereocenters. The molecule has 0 bridgehead atoms. The fourth-order valence-corrected chi connectivity index (χ4v) is 1.85. The molecule has 2 aromatic heterocycles. The molecular weight excluding hydrogens is 252 g/mol. The molecular formula is C15H16N4O. The predicted octanol–water partition coefficient (Wildman–Crippen LogP) is 1.98. The molecule has 2 heterocycles. The summed E-state index contributed by atoms with van der Waals surface area (Å²) in [6, 6.07) is 9.74. The van der Waals surface area contributed by atoms with Gasteiger partial charge in [0, 0.05) is 24.1 Å². The summed E-state index contributed by atoms with van der Waals surface area (Å²) in [4.78, 5) is 20.3. The van der Waals surface area contributed by atoms with Gasteiger partial charge in [-0.25, -0.2) is 0 Å². The lowest BCUT2D eigenvalue weighted by Gasteiger charge is -2.07. The number of nitrogens with one attached hydrogen (secondary N) is 2. The summed E-state index contributed by atoms with van der Waals surface area (Å²) in [7, 11) is 0. The summed E-state index contributed by atoms with van der Waals surface area (Å²) in [5, 5.41) is 6.17. The number of carbonyl (C=O) groups is 1. The van der Waals surface area contributed by atoms with Gasteiger partial charge in [-0.05, 0) is 37.1 Å².